The molecule has 0 heterocycles. The first-order valence-electron chi connectivity index (χ1n) is 6.06. The summed E-state index contributed by atoms with van der Waals surface area (Å²) in [6.07, 6.45) is 0.167. The van der Waals surface area contributed by atoms with Gasteiger partial charge in [-0.05, 0) is 41.5 Å². The van der Waals surface area contributed by atoms with Gasteiger partial charge in [-0.1, -0.05) is 0 Å². The molecule has 0 saturated heterocycles. The fourth-order valence-electron chi connectivity index (χ4n) is 1.08. The van der Waals surface area contributed by atoms with Crippen molar-refractivity contribution in [2.45, 2.75) is 58.8 Å². The van der Waals surface area contributed by atoms with Gasteiger partial charge in [0.15, 0.2) is 0 Å². The average molecular weight is 259 g/mol. The molecule has 0 aromatic heterocycles. The van der Waals surface area contributed by atoms with Gasteiger partial charge in [0.25, 0.3) is 0 Å². The van der Waals surface area contributed by atoms with Crippen LogP contribution in [0, 0.1) is 0 Å². The SMILES string of the molecule is CC(C)OCC(C)(C=O)N(C)C(=O)OC(C)(C)C. The first-order chi connectivity index (χ1) is 8.02. The number of carbonyl (C=O) groups excluding carboxylic acids is 2. The third kappa shape index (κ3) is 5.49. The molecule has 106 valence electrons. The van der Waals surface area contributed by atoms with E-state index in [4.69, 9.17) is 9.47 Å². The highest BCUT2D eigenvalue weighted by molar-refractivity contribution is 5.76. The quantitative estimate of drug-likeness (QED) is 0.710. The Kier molecular flexibility index (Phi) is 5.80. The molecule has 1 atom stereocenters. The van der Waals surface area contributed by atoms with Crippen LogP contribution < -0.4 is 0 Å². The van der Waals surface area contributed by atoms with E-state index in [1.807, 2.05) is 13.8 Å². The zero-order valence-electron chi connectivity index (χ0n) is 12.4. The van der Waals surface area contributed by atoms with E-state index < -0.39 is 17.2 Å². The molecular formula is C13H25NO4. The molecule has 0 aliphatic carbocycles. The van der Waals surface area contributed by atoms with Crippen LogP contribution in [0.15, 0.2) is 0 Å². The number of ether oxygens (including phenoxy) is 2. The van der Waals surface area contributed by atoms with Crippen LogP contribution in [0.5, 0.6) is 0 Å². The summed E-state index contributed by atoms with van der Waals surface area (Å²) in [6, 6.07) is 0. The Balaban J connectivity index is 4.73. The molecular weight excluding hydrogens is 234 g/mol. The zero-order chi connectivity index (χ0) is 14.6. The van der Waals surface area contributed by atoms with Crippen molar-refractivity contribution in [3.05, 3.63) is 0 Å². The zero-order valence-corrected chi connectivity index (χ0v) is 12.4. The van der Waals surface area contributed by atoms with Gasteiger partial charge in [0.1, 0.15) is 17.4 Å². The fraction of sp³-hybridized carbons (Fsp3) is 0.846. The van der Waals surface area contributed by atoms with E-state index in [1.54, 1.807) is 27.7 Å². The predicted molar refractivity (Wildman–Crippen MR) is 69.6 cm³/mol. The number of carbonyl (C=O) groups is 2. The lowest BCUT2D eigenvalue weighted by molar-refractivity contribution is -0.122. The molecule has 0 rings (SSSR count). The van der Waals surface area contributed by atoms with Crippen LogP contribution in [-0.2, 0) is 14.3 Å². The van der Waals surface area contributed by atoms with Crippen molar-refractivity contribution in [2.24, 2.45) is 0 Å². The fourth-order valence-corrected chi connectivity index (χ4v) is 1.08. The van der Waals surface area contributed by atoms with Gasteiger partial charge in [-0.3, -0.25) is 4.90 Å². The largest absolute Gasteiger partial charge is 0.444 e. The lowest BCUT2D eigenvalue weighted by Gasteiger charge is -2.35. The molecule has 0 N–H and O–H groups in total. The van der Waals surface area contributed by atoms with Crippen molar-refractivity contribution in [3.8, 4) is 0 Å². The maximum absolute atomic E-state index is 11.9. The van der Waals surface area contributed by atoms with Crippen LogP contribution in [-0.4, -0.2) is 48.2 Å². The van der Waals surface area contributed by atoms with Gasteiger partial charge < -0.3 is 14.3 Å². The maximum atomic E-state index is 11.9. The molecule has 0 aliphatic heterocycles. The van der Waals surface area contributed by atoms with Crippen molar-refractivity contribution < 1.29 is 19.1 Å². The number of amides is 1. The van der Waals surface area contributed by atoms with Gasteiger partial charge in [0.05, 0.1) is 12.7 Å². The topological polar surface area (TPSA) is 55.8 Å². The summed E-state index contributed by atoms with van der Waals surface area (Å²) < 4.78 is 10.6. The normalized spacial score (nSPS) is 15.1. The molecule has 5 heteroatoms. The third-order valence-electron chi connectivity index (χ3n) is 2.40. The Bertz CT molecular complexity index is 296. The van der Waals surface area contributed by atoms with E-state index in [0.717, 1.165) is 0 Å². The van der Waals surface area contributed by atoms with E-state index >= 15 is 0 Å². The van der Waals surface area contributed by atoms with Gasteiger partial charge in [-0.15, -0.1) is 0 Å². The minimum Gasteiger partial charge on any atom is -0.444 e. The van der Waals surface area contributed by atoms with E-state index in [9.17, 15) is 9.59 Å². The Morgan fingerprint density at radius 1 is 1.28 bits per heavy atom. The molecule has 1 amide bonds. The van der Waals surface area contributed by atoms with Crippen molar-refractivity contribution in [1.82, 2.24) is 4.90 Å². The highest BCUT2D eigenvalue weighted by Gasteiger charge is 2.35. The van der Waals surface area contributed by atoms with E-state index in [1.165, 1.54) is 11.9 Å². The molecule has 0 aromatic rings. The van der Waals surface area contributed by atoms with Crippen LogP contribution in [0.3, 0.4) is 0 Å². The van der Waals surface area contributed by atoms with Gasteiger partial charge in [0, 0.05) is 7.05 Å². The summed E-state index contributed by atoms with van der Waals surface area (Å²) in [7, 11) is 1.53. The van der Waals surface area contributed by atoms with Gasteiger partial charge in [-0.2, -0.15) is 0 Å². The van der Waals surface area contributed by atoms with Gasteiger partial charge in [0.2, 0.25) is 0 Å². The summed E-state index contributed by atoms with van der Waals surface area (Å²) in [4.78, 5) is 24.4. The smallest absolute Gasteiger partial charge is 0.410 e. The van der Waals surface area contributed by atoms with Crippen LogP contribution in [0.4, 0.5) is 4.79 Å². The van der Waals surface area contributed by atoms with E-state index in [0.29, 0.717) is 6.29 Å². The summed E-state index contributed by atoms with van der Waals surface area (Å²) in [5.74, 6) is 0. The molecule has 0 bridgehead atoms. The Labute approximate surface area is 109 Å². The Morgan fingerprint density at radius 2 is 1.78 bits per heavy atom. The summed E-state index contributed by atoms with van der Waals surface area (Å²) in [5.41, 5.74) is -1.61. The minimum atomic E-state index is -1.02. The molecule has 0 aliphatic rings. The van der Waals surface area contributed by atoms with Crippen molar-refractivity contribution in [3.63, 3.8) is 0 Å². The van der Waals surface area contributed by atoms with Crippen LogP contribution >= 0.6 is 0 Å². The van der Waals surface area contributed by atoms with Gasteiger partial charge >= 0.3 is 6.09 Å². The molecule has 0 fully saturated rings. The molecule has 0 aromatic carbocycles. The monoisotopic (exact) mass is 259 g/mol. The lowest BCUT2D eigenvalue weighted by atomic mass is 10.0. The van der Waals surface area contributed by atoms with Crippen molar-refractivity contribution in [2.75, 3.05) is 13.7 Å². The molecule has 0 spiro atoms. The van der Waals surface area contributed by atoms with E-state index in [-0.39, 0.29) is 12.7 Å². The molecule has 18 heavy (non-hydrogen) atoms. The number of rotatable bonds is 5. The molecule has 0 radical (unpaired) electrons. The highest BCUT2D eigenvalue weighted by Crippen LogP contribution is 2.17. The Hall–Kier alpha value is -1.10. The standard InChI is InChI=1S/C13H25NO4/c1-10(2)17-9-13(6,8-15)14(7)11(16)18-12(3,4)5/h8,10H,9H2,1-7H3. The summed E-state index contributed by atoms with van der Waals surface area (Å²) in [6.45, 7) is 10.9. The highest BCUT2D eigenvalue weighted by atomic mass is 16.6. The average Bonchev–Trinajstić information content (AvgIpc) is 2.22. The summed E-state index contributed by atoms with van der Waals surface area (Å²) >= 11 is 0. The number of hydrogen-bond donors (Lipinski definition) is 0. The second kappa shape index (κ2) is 6.18. The molecule has 1 unspecified atom stereocenters. The number of aldehydes is 1. The lowest BCUT2D eigenvalue weighted by Crippen LogP contribution is -2.53. The number of hydrogen-bond acceptors (Lipinski definition) is 4. The van der Waals surface area contributed by atoms with Crippen LogP contribution in [0.1, 0.15) is 41.5 Å². The van der Waals surface area contributed by atoms with Crippen LogP contribution in [0.2, 0.25) is 0 Å². The minimum absolute atomic E-state index is 0.00342. The first kappa shape index (κ1) is 16.9. The maximum Gasteiger partial charge on any atom is 0.410 e. The van der Waals surface area contributed by atoms with Crippen molar-refractivity contribution >= 4 is 12.4 Å². The number of likely N-dealkylation sites (N-methyl/N-ethyl adjacent to an activating group) is 1. The Morgan fingerprint density at radius 3 is 2.11 bits per heavy atom. The molecule has 0 saturated carbocycles. The van der Waals surface area contributed by atoms with Crippen LogP contribution in [0.25, 0.3) is 0 Å². The van der Waals surface area contributed by atoms with Gasteiger partial charge in [-0.25, -0.2) is 4.79 Å². The second-order valence-electron chi connectivity index (χ2n) is 5.87. The first-order valence-corrected chi connectivity index (χ1v) is 6.06. The third-order valence-corrected chi connectivity index (χ3v) is 2.40. The van der Waals surface area contributed by atoms with E-state index in [2.05, 4.69) is 0 Å². The second-order valence-corrected chi connectivity index (χ2v) is 5.87. The number of nitrogens with zero attached hydrogens (tertiary/aromatic N) is 1. The summed E-state index contributed by atoms with van der Waals surface area (Å²) in [5, 5.41) is 0. The van der Waals surface area contributed by atoms with Crippen molar-refractivity contribution in [1.29, 1.82) is 0 Å². The molecule has 5 nitrogen and oxygen atoms in total. The predicted octanol–water partition coefficient (Wildman–Crippen LogP) is 2.24.